The fraction of sp³-hybridized carbons (Fsp3) is 0.458. The van der Waals surface area contributed by atoms with Crippen LogP contribution in [0.2, 0.25) is 0 Å². The molecule has 9 heteroatoms. The van der Waals surface area contributed by atoms with Gasteiger partial charge in [-0.3, -0.25) is 19.4 Å². The monoisotopic (exact) mass is 462 g/mol. The molecule has 1 aliphatic heterocycles. The molecule has 0 bridgehead atoms. The first-order chi connectivity index (χ1) is 15.8. The van der Waals surface area contributed by atoms with E-state index in [1.165, 1.54) is 12.1 Å². The summed E-state index contributed by atoms with van der Waals surface area (Å²) in [5.41, 5.74) is 0.321. The summed E-state index contributed by atoms with van der Waals surface area (Å²) in [4.78, 5) is 30.9. The Morgan fingerprint density at radius 3 is 2.61 bits per heavy atom. The molecule has 33 heavy (non-hydrogen) atoms. The Labute approximate surface area is 191 Å². The summed E-state index contributed by atoms with van der Waals surface area (Å²) < 4.78 is 39.1. The Bertz CT molecular complexity index is 943. The molecule has 0 saturated carbocycles. The van der Waals surface area contributed by atoms with Crippen LogP contribution >= 0.6 is 0 Å². The predicted molar refractivity (Wildman–Crippen MR) is 120 cm³/mol. The lowest BCUT2D eigenvalue weighted by molar-refractivity contribution is -0.141. The van der Waals surface area contributed by atoms with Gasteiger partial charge in [-0.2, -0.15) is 13.2 Å². The lowest BCUT2D eigenvalue weighted by Gasteiger charge is -2.31. The van der Waals surface area contributed by atoms with Crippen LogP contribution in [0.15, 0.2) is 42.5 Å². The van der Waals surface area contributed by atoms with E-state index in [9.17, 15) is 22.8 Å². The van der Waals surface area contributed by atoms with Crippen LogP contribution in [0.1, 0.15) is 43.9 Å². The van der Waals surface area contributed by atoms with Gasteiger partial charge in [-0.15, -0.1) is 0 Å². The molecule has 1 fully saturated rings. The molecule has 2 heterocycles. The number of hydrogen-bond acceptors (Lipinski definition) is 4. The number of halogens is 3. The highest BCUT2D eigenvalue weighted by atomic mass is 19.4. The first kappa shape index (κ1) is 24.7. The van der Waals surface area contributed by atoms with Crippen molar-refractivity contribution in [2.24, 2.45) is 5.92 Å². The maximum absolute atomic E-state index is 13.0. The molecule has 0 spiro atoms. The number of carbonyl (C=O) groups is 2. The molecule has 1 saturated heterocycles. The van der Waals surface area contributed by atoms with Crippen LogP contribution in [-0.2, 0) is 22.3 Å². The third-order valence-electron chi connectivity index (χ3n) is 5.76. The van der Waals surface area contributed by atoms with Crippen molar-refractivity contribution in [3.63, 3.8) is 0 Å². The van der Waals surface area contributed by atoms with Crippen LogP contribution in [0.3, 0.4) is 0 Å². The van der Waals surface area contributed by atoms with Crippen LogP contribution in [0.5, 0.6) is 0 Å². The van der Waals surface area contributed by atoms with E-state index < -0.39 is 11.9 Å². The van der Waals surface area contributed by atoms with Gasteiger partial charge in [0.2, 0.25) is 12.3 Å². The number of anilines is 2. The van der Waals surface area contributed by atoms with Crippen molar-refractivity contribution in [1.82, 2.24) is 15.2 Å². The highest BCUT2D eigenvalue weighted by molar-refractivity contribution is 5.85. The number of unbranched alkanes of at least 4 members (excludes halogenated alkanes) is 1. The number of hydrogen-bond donors (Lipinski definition) is 1. The first-order valence-electron chi connectivity index (χ1n) is 11.2. The Balaban J connectivity index is 1.63. The Kier molecular flexibility index (Phi) is 8.43. The highest BCUT2D eigenvalue weighted by Crippen LogP contribution is 2.31. The molecule has 3 rings (SSSR count). The quantitative estimate of drug-likeness (QED) is 0.440. The van der Waals surface area contributed by atoms with Crippen LogP contribution in [0.4, 0.5) is 24.7 Å². The molecule has 0 radical (unpaired) electrons. The fourth-order valence-electron chi connectivity index (χ4n) is 3.91. The van der Waals surface area contributed by atoms with Gasteiger partial charge in [-0.05, 0) is 62.2 Å². The van der Waals surface area contributed by atoms with Crippen LogP contribution in [0.25, 0.3) is 0 Å². The number of benzene rings is 1. The predicted octanol–water partition coefficient (Wildman–Crippen LogP) is 4.52. The van der Waals surface area contributed by atoms with E-state index in [2.05, 4.69) is 22.1 Å². The van der Waals surface area contributed by atoms with Gasteiger partial charge in [-0.25, -0.2) is 4.98 Å². The van der Waals surface area contributed by atoms with Crippen molar-refractivity contribution in [2.45, 2.75) is 45.3 Å². The van der Waals surface area contributed by atoms with E-state index in [4.69, 9.17) is 0 Å². The third kappa shape index (κ3) is 6.77. The summed E-state index contributed by atoms with van der Waals surface area (Å²) in [5, 5.41) is 3.00. The lowest BCUT2D eigenvalue weighted by atomic mass is 9.95. The molecule has 1 aromatic heterocycles. The molecule has 0 atom stereocenters. The van der Waals surface area contributed by atoms with Crippen molar-refractivity contribution in [3.8, 4) is 0 Å². The van der Waals surface area contributed by atoms with Gasteiger partial charge in [0.15, 0.2) is 0 Å². The average Bonchev–Trinajstić information content (AvgIpc) is 2.80. The zero-order chi connectivity index (χ0) is 23.8. The Morgan fingerprint density at radius 1 is 1.21 bits per heavy atom. The van der Waals surface area contributed by atoms with Crippen molar-refractivity contribution < 1.29 is 22.8 Å². The fourth-order valence-corrected chi connectivity index (χ4v) is 3.91. The third-order valence-corrected chi connectivity index (χ3v) is 5.76. The van der Waals surface area contributed by atoms with Crippen LogP contribution < -0.4 is 10.2 Å². The maximum atomic E-state index is 13.0. The van der Waals surface area contributed by atoms with Gasteiger partial charge in [0.05, 0.1) is 5.69 Å². The van der Waals surface area contributed by atoms with Crippen molar-refractivity contribution >= 4 is 23.8 Å². The second-order valence-corrected chi connectivity index (χ2v) is 8.22. The molecule has 1 N–H and O–H groups in total. The van der Waals surface area contributed by atoms with E-state index in [0.29, 0.717) is 18.6 Å². The summed E-state index contributed by atoms with van der Waals surface area (Å²) in [6.45, 7) is 4.99. The van der Waals surface area contributed by atoms with E-state index >= 15 is 0 Å². The van der Waals surface area contributed by atoms with Gasteiger partial charge < -0.3 is 5.32 Å². The summed E-state index contributed by atoms with van der Waals surface area (Å²) in [6, 6.07) is 10.6. The number of pyridine rings is 1. The number of piperidine rings is 1. The van der Waals surface area contributed by atoms with Crippen molar-refractivity contribution in [1.29, 1.82) is 0 Å². The number of alkyl halides is 3. The zero-order valence-electron chi connectivity index (χ0n) is 18.6. The number of amides is 2. The SMILES string of the molecule is CCCCNC(=O)C1CCN(Cc2cccc(N(C=O)c3cccc(C(F)(F)F)n3)c2)CC1. The molecule has 1 aliphatic rings. The molecule has 2 aromatic rings. The van der Waals surface area contributed by atoms with E-state index in [1.807, 2.05) is 6.07 Å². The van der Waals surface area contributed by atoms with Crippen molar-refractivity contribution in [2.75, 3.05) is 24.5 Å². The normalized spacial score (nSPS) is 15.3. The van der Waals surface area contributed by atoms with E-state index in [0.717, 1.165) is 61.8 Å². The number of nitrogens with zero attached hydrogens (tertiary/aromatic N) is 3. The van der Waals surface area contributed by atoms with Crippen LogP contribution in [0, 0.1) is 5.92 Å². The topological polar surface area (TPSA) is 65.5 Å². The minimum Gasteiger partial charge on any atom is -0.356 e. The number of nitrogens with one attached hydrogen (secondary N) is 1. The van der Waals surface area contributed by atoms with Crippen LogP contribution in [-0.4, -0.2) is 41.8 Å². The van der Waals surface area contributed by atoms with Gasteiger partial charge in [-0.1, -0.05) is 31.5 Å². The second kappa shape index (κ2) is 11.3. The van der Waals surface area contributed by atoms with Crippen molar-refractivity contribution in [3.05, 3.63) is 53.7 Å². The molecular weight excluding hydrogens is 433 g/mol. The standard InChI is InChI=1S/C24H29F3N4O2/c1-2-3-12-28-23(33)19-10-13-30(14-11-19)16-18-6-4-7-20(15-18)31(17-32)22-9-5-8-21(29-22)24(25,26)27/h4-9,15,17,19H,2-3,10-14,16H2,1H3,(H,28,33). The number of carbonyl (C=O) groups excluding carboxylic acids is 2. The minimum atomic E-state index is -4.59. The van der Waals surface area contributed by atoms with Gasteiger partial charge >= 0.3 is 6.18 Å². The molecule has 6 nitrogen and oxygen atoms in total. The zero-order valence-corrected chi connectivity index (χ0v) is 18.6. The first-order valence-corrected chi connectivity index (χ1v) is 11.2. The average molecular weight is 463 g/mol. The summed E-state index contributed by atoms with van der Waals surface area (Å²) >= 11 is 0. The van der Waals surface area contributed by atoms with Gasteiger partial charge in [0.25, 0.3) is 0 Å². The molecule has 1 aromatic carbocycles. The molecule has 178 valence electrons. The number of rotatable bonds is 9. The molecule has 0 unspecified atom stereocenters. The molecular formula is C24H29F3N4O2. The van der Waals surface area contributed by atoms with E-state index in [1.54, 1.807) is 18.2 Å². The number of likely N-dealkylation sites (tertiary alicyclic amines) is 1. The minimum absolute atomic E-state index is 0.0296. The molecule has 2 amide bonds. The summed E-state index contributed by atoms with van der Waals surface area (Å²) in [5.74, 6) is 0.0640. The molecule has 0 aliphatic carbocycles. The summed E-state index contributed by atoms with van der Waals surface area (Å²) in [6.07, 6.45) is -0.536. The van der Waals surface area contributed by atoms with E-state index in [-0.39, 0.29) is 17.6 Å². The Hall–Kier alpha value is -2.94. The summed E-state index contributed by atoms with van der Waals surface area (Å²) in [7, 11) is 0. The maximum Gasteiger partial charge on any atom is 0.433 e. The lowest BCUT2D eigenvalue weighted by Crippen LogP contribution is -2.40. The Morgan fingerprint density at radius 2 is 1.94 bits per heavy atom. The highest BCUT2D eigenvalue weighted by Gasteiger charge is 2.33. The smallest absolute Gasteiger partial charge is 0.356 e. The second-order valence-electron chi connectivity index (χ2n) is 8.22. The number of aromatic nitrogens is 1. The largest absolute Gasteiger partial charge is 0.433 e. The van der Waals surface area contributed by atoms with Gasteiger partial charge in [0.1, 0.15) is 11.5 Å². The van der Waals surface area contributed by atoms with Gasteiger partial charge in [0, 0.05) is 19.0 Å².